The van der Waals surface area contributed by atoms with Crippen LogP contribution in [-0.2, 0) is 9.59 Å². The molecule has 2 aliphatic heterocycles. The van der Waals surface area contributed by atoms with Gasteiger partial charge in [0.2, 0.25) is 11.8 Å². The molecule has 0 atom stereocenters. The molecule has 2 aliphatic rings. The lowest BCUT2D eigenvalue weighted by Gasteiger charge is -2.42. The number of rotatable bonds is 5. The number of carbonyl (C=O) groups excluding carboxylic acids is 4. The summed E-state index contributed by atoms with van der Waals surface area (Å²) in [7, 11) is 0. The first-order valence-corrected chi connectivity index (χ1v) is 10.7. The average molecular weight is 423 g/mol. The topological polar surface area (TPSA) is 86.8 Å². The van der Waals surface area contributed by atoms with E-state index < -0.39 is 5.54 Å². The minimum Gasteiger partial charge on any atom is -0.322 e. The fraction of sp³-hybridized carbons (Fsp3) is 0.273. The largest absolute Gasteiger partial charge is 0.322 e. The molecule has 4 rings (SSSR count). The second-order valence-electron chi connectivity index (χ2n) is 7.62. The van der Waals surface area contributed by atoms with Crippen molar-refractivity contribution in [1.29, 1.82) is 0 Å². The van der Waals surface area contributed by atoms with E-state index in [1.54, 1.807) is 56.3 Å². The molecule has 2 aromatic carbocycles. The molecule has 154 valence electrons. The van der Waals surface area contributed by atoms with Gasteiger partial charge < -0.3 is 5.32 Å². The Morgan fingerprint density at radius 2 is 1.57 bits per heavy atom. The molecule has 2 heterocycles. The Morgan fingerprint density at radius 3 is 2.23 bits per heavy atom. The lowest BCUT2D eigenvalue weighted by molar-refractivity contribution is -0.125. The first kappa shape index (κ1) is 20.2. The number of hydrogen-bond acceptors (Lipinski definition) is 5. The van der Waals surface area contributed by atoms with Crippen LogP contribution in [0.4, 0.5) is 11.4 Å². The Morgan fingerprint density at radius 1 is 0.967 bits per heavy atom. The number of fused-ring (bicyclic) bond motifs is 2. The van der Waals surface area contributed by atoms with Gasteiger partial charge in [0, 0.05) is 12.3 Å². The van der Waals surface area contributed by atoms with Crippen LogP contribution >= 0.6 is 11.8 Å². The normalized spacial score (nSPS) is 16.9. The smallest absolute Gasteiger partial charge is 0.261 e. The van der Waals surface area contributed by atoms with Crippen LogP contribution in [0.1, 0.15) is 34.6 Å². The summed E-state index contributed by atoms with van der Waals surface area (Å²) in [6.07, 6.45) is 0. The summed E-state index contributed by atoms with van der Waals surface area (Å²) in [6, 6.07) is 13.9. The van der Waals surface area contributed by atoms with Crippen LogP contribution < -0.4 is 10.2 Å². The summed E-state index contributed by atoms with van der Waals surface area (Å²) < 4.78 is 0. The predicted molar refractivity (Wildman–Crippen MR) is 116 cm³/mol. The third-order valence-corrected chi connectivity index (χ3v) is 6.24. The lowest BCUT2D eigenvalue weighted by Crippen LogP contribution is -2.59. The zero-order valence-electron chi connectivity index (χ0n) is 16.7. The van der Waals surface area contributed by atoms with Crippen LogP contribution in [0.2, 0.25) is 0 Å². The Hall–Kier alpha value is -3.13. The van der Waals surface area contributed by atoms with Gasteiger partial charge in [-0.2, -0.15) is 11.8 Å². The van der Waals surface area contributed by atoms with Gasteiger partial charge in [0.05, 0.1) is 28.3 Å². The summed E-state index contributed by atoms with van der Waals surface area (Å²) in [5.41, 5.74) is 1.08. The van der Waals surface area contributed by atoms with Crippen molar-refractivity contribution in [3.63, 3.8) is 0 Å². The van der Waals surface area contributed by atoms with Crippen LogP contribution in [0.3, 0.4) is 0 Å². The van der Waals surface area contributed by atoms with Gasteiger partial charge in [-0.25, -0.2) is 0 Å². The maximum absolute atomic E-state index is 13.0. The predicted octanol–water partition coefficient (Wildman–Crippen LogP) is 2.78. The number of imide groups is 1. The van der Waals surface area contributed by atoms with Crippen LogP contribution in [0, 0.1) is 0 Å². The minimum absolute atomic E-state index is 0.133. The second-order valence-corrected chi connectivity index (χ2v) is 8.72. The number of carbonyl (C=O) groups is 4. The number of para-hydroxylation sites is 2. The summed E-state index contributed by atoms with van der Waals surface area (Å²) >= 11 is 1.33. The minimum atomic E-state index is -1.02. The third kappa shape index (κ3) is 3.27. The van der Waals surface area contributed by atoms with Gasteiger partial charge in [0.25, 0.3) is 11.8 Å². The fourth-order valence-electron chi connectivity index (χ4n) is 3.72. The Kier molecular flexibility index (Phi) is 5.11. The van der Waals surface area contributed by atoms with Gasteiger partial charge in [-0.15, -0.1) is 0 Å². The Balaban J connectivity index is 1.39. The number of benzene rings is 2. The fourth-order valence-corrected chi connectivity index (χ4v) is 4.48. The van der Waals surface area contributed by atoms with E-state index in [9.17, 15) is 19.2 Å². The monoisotopic (exact) mass is 423 g/mol. The van der Waals surface area contributed by atoms with Crippen molar-refractivity contribution >= 4 is 46.8 Å². The number of amides is 4. The number of anilines is 2. The molecule has 0 unspecified atom stereocenters. The van der Waals surface area contributed by atoms with Crippen molar-refractivity contribution in [2.75, 3.05) is 28.3 Å². The van der Waals surface area contributed by atoms with E-state index in [-0.39, 0.29) is 35.9 Å². The van der Waals surface area contributed by atoms with Crippen molar-refractivity contribution in [3.8, 4) is 0 Å². The van der Waals surface area contributed by atoms with E-state index in [1.807, 2.05) is 6.07 Å². The molecule has 0 spiro atoms. The van der Waals surface area contributed by atoms with Gasteiger partial charge in [-0.05, 0) is 38.1 Å². The van der Waals surface area contributed by atoms with Crippen molar-refractivity contribution < 1.29 is 19.2 Å². The SMILES string of the molecule is CC1(C)C(=O)Nc2ccccc2N1C(=O)CSCCN1C(=O)c2ccccc2C1=O. The molecular weight excluding hydrogens is 402 g/mol. The van der Waals surface area contributed by atoms with Gasteiger partial charge >= 0.3 is 0 Å². The van der Waals surface area contributed by atoms with Crippen molar-refractivity contribution in [2.45, 2.75) is 19.4 Å². The summed E-state index contributed by atoms with van der Waals surface area (Å²) in [5, 5.41) is 2.84. The molecule has 0 aliphatic carbocycles. The van der Waals surface area contributed by atoms with Gasteiger partial charge in [0.15, 0.2) is 0 Å². The van der Waals surface area contributed by atoms with Crippen molar-refractivity contribution in [2.24, 2.45) is 0 Å². The number of nitrogens with one attached hydrogen (secondary N) is 1. The summed E-state index contributed by atoms with van der Waals surface area (Å²) in [6.45, 7) is 3.64. The molecule has 0 bridgehead atoms. The van der Waals surface area contributed by atoms with Crippen LogP contribution in [0.5, 0.6) is 0 Å². The number of hydrogen-bond donors (Lipinski definition) is 1. The molecule has 0 saturated heterocycles. The lowest BCUT2D eigenvalue weighted by atomic mass is 9.96. The summed E-state index contributed by atoms with van der Waals surface area (Å²) in [4.78, 5) is 53.1. The molecule has 0 radical (unpaired) electrons. The maximum Gasteiger partial charge on any atom is 0.261 e. The zero-order chi connectivity index (χ0) is 21.5. The highest BCUT2D eigenvalue weighted by molar-refractivity contribution is 7.99. The standard InChI is InChI=1S/C22H21N3O4S/c1-22(2)21(29)23-16-9-5-6-10-17(16)25(22)18(26)13-30-12-11-24-19(27)14-7-3-4-8-15(14)20(24)28/h3-10H,11-13H2,1-2H3,(H,23,29). The quantitative estimate of drug-likeness (QED) is 0.590. The van der Waals surface area contributed by atoms with E-state index in [4.69, 9.17) is 0 Å². The van der Waals surface area contributed by atoms with E-state index in [2.05, 4.69) is 5.32 Å². The Labute approximate surface area is 178 Å². The highest BCUT2D eigenvalue weighted by atomic mass is 32.2. The first-order valence-electron chi connectivity index (χ1n) is 9.59. The van der Waals surface area contributed by atoms with E-state index in [0.717, 1.165) is 0 Å². The molecule has 0 fully saturated rings. The molecule has 4 amide bonds. The molecular formula is C22H21N3O4S. The average Bonchev–Trinajstić information content (AvgIpc) is 2.96. The molecule has 1 N–H and O–H groups in total. The highest BCUT2D eigenvalue weighted by Gasteiger charge is 2.43. The van der Waals surface area contributed by atoms with E-state index in [0.29, 0.717) is 28.3 Å². The molecule has 30 heavy (non-hydrogen) atoms. The van der Waals surface area contributed by atoms with Crippen molar-refractivity contribution in [1.82, 2.24) is 4.90 Å². The van der Waals surface area contributed by atoms with Crippen LogP contribution in [0.15, 0.2) is 48.5 Å². The van der Waals surface area contributed by atoms with Gasteiger partial charge in [-0.3, -0.25) is 29.0 Å². The molecule has 0 saturated carbocycles. The van der Waals surface area contributed by atoms with Crippen molar-refractivity contribution in [3.05, 3.63) is 59.7 Å². The molecule has 7 nitrogen and oxygen atoms in total. The van der Waals surface area contributed by atoms with E-state index >= 15 is 0 Å². The summed E-state index contributed by atoms with van der Waals surface area (Å²) in [5.74, 6) is -0.483. The molecule has 2 aromatic rings. The van der Waals surface area contributed by atoms with Crippen LogP contribution in [-0.4, -0.2) is 52.1 Å². The molecule has 8 heteroatoms. The van der Waals surface area contributed by atoms with Gasteiger partial charge in [-0.1, -0.05) is 24.3 Å². The number of thioether (sulfide) groups is 1. The zero-order valence-corrected chi connectivity index (χ0v) is 17.5. The third-order valence-electron chi connectivity index (χ3n) is 5.32. The van der Waals surface area contributed by atoms with Gasteiger partial charge in [0.1, 0.15) is 5.54 Å². The number of nitrogens with zero attached hydrogens (tertiary/aromatic N) is 2. The second kappa shape index (κ2) is 7.60. The Bertz CT molecular complexity index is 1030. The molecule has 0 aromatic heterocycles. The van der Waals surface area contributed by atoms with E-state index in [1.165, 1.54) is 21.6 Å². The maximum atomic E-state index is 13.0. The first-order chi connectivity index (χ1) is 14.3. The highest BCUT2D eigenvalue weighted by Crippen LogP contribution is 2.37. The van der Waals surface area contributed by atoms with Crippen LogP contribution in [0.25, 0.3) is 0 Å².